The van der Waals surface area contributed by atoms with E-state index in [0.29, 0.717) is 30.3 Å². The predicted octanol–water partition coefficient (Wildman–Crippen LogP) is 1.99. The molecule has 100 valence electrons. The maximum Gasteiger partial charge on any atom is 0.161 e. The quantitative estimate of drug-likeness (QED) is 0.771. The molecule has 0 aliphatic heterocycles. The molecule has 1 aromatic carbocycles. The van der Waals surface area contributed by atoms with Gasteiger partial charge in [-0.15, -0.1) is 0 Å². The Hall–Kier alpha value is -1.10. The van der Waals surface area contributed by atoms with E-state index < -0.39 is 0 Å². The summed E-state index contributed by atoms with van der Waals surface area (Å²) in [7, 11) is 1.63. The molecule has 5 heteroatoms. The Kier molecular flexibility index (Phi) is 6.12. The van der Waals surface area contributed by atoms with Crippen LogP contribution in [0.2, 0.25) is 5.02 Å². The standard InChI is InChI=1S/C13H18ClNO3/c1-10(17)12-4-3-11(9-13(12)14)15(5-7-16)6-8-18-2/h3-4,9,16H,5-8H2,1-2H3. The highest BCUT2D eigenvalue weighted by Gasteiger charge is 2.10. The van der Waals surface area contributed by atoms with Gasteiger partial charge in [0.2, 0.25) is 0 Å². The summed E-state index contributed by atoms with van der Waals surface area (Å²) in [6.07, 6.45) is 0. The average molecular weight is 272 g/mol. The Morgan fingerprint density at radius 1 is 1.44 bits per heavy atom. The first-order chi connectivity index (χ1) is 8.60. The van der Waals surface area contributed by atoms with Crippen molar-refractivity contribution < 1.29 is 14.6 Å². The lowest BCUT2D eigenvalue weighted by Crippen LogP contribution is -2.30. The lowest BCUT2D eigenvalue weighted by atomic mass is 10.1. The summed E-state index contributed by atoms with van der Waals surface area (Å²) < 4.78 is 5.02. The van der Waals surface area contributed by atoms with E-state index in [2.05, 4.69) is 0 Å². The van der Waals surface area contributed by atoms with E-state index >= 15 is 0 Å². The molecule has 1 rings (SSSR count). The van der Waals surface area contributed by atoms with Crippen LogP contribution in [0, 0.1) is 0 Å². The number of Topliss-reactive ketones (excluding diaryl/α,β-unsaturated/α-hetero) is 1. The number of aliphatic hydroxyl groups excluding tert-OH is 1. The molecule has 0 aliphatic carbocycles. The molecule has 1 N–H and O–H groups in total. The summed E-state index contributed by atoms with van der Waals surface area (Å²) in [6, 6.07) is 5.27. The Labute approximate surface area is 112 Å². The van der Waals surface area contributed by atoms with Crippen LogP contribution in [0.5, 0.6) is 0 Å². The van der Waals surface area contributed by atoms with Gasteiger partial charge < -0.3 is 14.7 Å². The number of ether oxygens (including phenoxy) is 1. The van der Waals surface area contributed by atoms with Gasteiger partial charge in [0.05, 0.1) is 18.2 Å². The first-order valence-electron chi connectivity index (χ1n) is 5.75. The number of carbonyl (C=O) groups is 1. The second-order valence-electron chi connectivity index (χ2n) is 3.92. The van der Waals surface area contributed by atoms with Crippen molar-refractivity contribution >= 4 is 23.1 Å². The third-order valence-electron chi connectivity index (χ3n) is 2.63. The number of halogens is 1. The lowest BCUT2D eigenvalue weighted by Gasteiger charge is -2.24. The van der Waals surface area contributed by atoms with E-state index in [-0.39, 0.29) is 12.4 Å². The van der Waals surface area contributed by atoms with Crippen molar-refractivity contribution in [1.82, 2.24) is 0 Å². The fourth-order valence-corrected chi connectivity index (χ4v) is 1.99. The fourth-order valence-electron chi connectivity index (χ4n) is 1.68. The van der Waals surface area contributed by atoms with Crippen LogP contribution in [-0.2, 0) is 4.74 Å². The smallest absolute Gasteiger partial charge is 0.161 e. The fraction of sp³-hybridized carbons (Fsp3) is 0.462. The van der Waals surface area contributed by atoms with Gasteiger partial charge in [0.15, 0.2) is 5.78 Å². The number of carbonyl (C=O) groups excluding carboxylic acids is 1. The highest BCUT2D eigenvalue weighted by molar-refractivity contribution is 6.34. The van der Waals surface area contributed by atoms with E-state index in [1.807, 2.05) is 11.0 Å². The van der Waals surface area contributed by atoms with Crippen LogP contribution >= 0.6 is 11.6 Å². The molecule has 0 unspecified atom stereocenters. The number of nitrogens with zero attached hydrogens (tertiary/aromatic N) is 1. The van der Waals surface area contributed by atoms with Crippen LogP contribution in [0.1, 0.15) is 17.3 Å². The third-order valence-corrected chi connectivity index (χ3v) is 2.95. The molecule has 0 saturated heterocycles. The van der Waals surface area contributed by atoms with Crippen LogP contribution in [0.25, 0.3) is 0 Å². The number of aliphatic hydroxyl groups is 1. The van der Waals surface area contributed by atoms with Crippen LogP contribution < -0.4 is 4.90 Å². The van der Waals surface area contributed by atoms with Crippen LogP contribution in [0.15, 0.2) is 18.2 Å². The minimum absolute atomic E-state index is 0.0514. The molecule has 0 radical (unpaired) electrons. The van der Waals surface area contributed by atoms with Gasteiger partial charge in [-0.05, 0) is 25.1 Å². The van der Waals surface area contributed by atoms with Crippen molar-refractivity contribution in [2.24, 2.45) is 0 Å². The number of benzene rings is 1. The summed E-state index contributed by atoms with van der Waals surface area (Å²) in [5.41, 5.74) is 1.38. The average Bonchev–Trinajstić information content (AvgIpc) is 2.33. The summed E-state index contributed by atoms with van der Waals surface area (Å²) in [4.78, 5) is 13.2. The van der Waals surface area contributed by atoms with Gasteiger partial charge in [-0.25, -0.2) is 0 Å². The molecule has 0 amide bonds. The van der Waals surface area contributed by atoms with Crippen molar-refractivity contribution in [2.45, 2.75) is 6.92 Å². The van der Waals surface area contributed by atoms with Gasteiger partial charge in [-0.2, -0.15) is 0 Å². The lowest BCUT2D eigenvalue weighted by molar-refractivity contribution is 0.101. The summed E-state index contributed by atoms with van der Waals surface area (Å²) in [6.45, 7) is 3.26. The molecule has 0 heterocycles. The molecule has 0 aliphatic rings. The van der Waals surface area contributed by atoms with Gasteiger partial charge in [0.1, 0.15) is 0 Å². The molecule has 0 spiro atoms. The Morgan fingerprint density at radius 2 is 2.17 bits per heavy atom. The number of hydrogen-bond acceptors (Lipinski definition) is 4. The van der Waals surface area contributed by atoms with E-state index in [4.69, 9.17) is 21.4 Å². The minimum atomic E-state index is -0.0582. The maximum absolute atomic E-state index is 11.3. The van der Waals surface area contributed by atoms with Crippen LogP contribution in [-0.4, -0.2) is 44.3 Å². The van der Waals surface area contributed by atoms with E-state index in [1.54, 1.807) is 19.2 Å². The minimum Gasteiger partial charge on any atom is -0.395 e. The molecule has 0 aromatic heterocycles. The van der Waals surface area contributed by atoms with E-state index in [1.165, 1.54) is 6.92 Å². The number of rotatable bonds is 7. The molecule has 0 fully saturated rings. The van der Waals surface area contributed by atoms with Crippen LogP contribution in [0.4, 0.5) is 5.69 Å². The van der Waals surface area contributed by atoms with Gasteiger partial charge >= 0.3 is 0 Å². The number of hydrogen-bond donors (Lipinski definition) is 1. The maximum atomic E-state index is 11.3. The summed E-state index contributed by atoms with van der Waals surface area (Å²) >= 11 is 6.06. The molecular formula is C13H18ClNO3. The first-order valence-corrected chi connectivity index (χ1v) is 6.13. The van der Waals surface area contributed by atoms with Gasteiger partial charge in [-0.1, -0.05) is 11.6 Å². The second kappa shape index (κ2) is 7.36. The number of anilines is 1. The molecule has 18 heavy (non-hydrogen) atoms. The molecule has 1 aromatic rings. The normalized spacial score (nSPS) is 10.4. The Morgan fingerprint density at radius 3 is 2.67 bits per heavy atom. The first kappa shape index (κ1) is 15.0. The third kappa shape index (κ3) is 3.98. The van der Waals surface area contributed by atoms with Gasteiger partial charge in [0, 0.05) is 31.5 Å². The van der Waals surface area contributed by atoms with Gasteiger partial charge in [-0.3, -0.25) is 4.79 Å². The van der Waals surface area contributed by atoms with E-state index in [9.17, 15) is 4.79 Å². The largest absolute Gasteiger partial charge is 0.395 e. The number of ketones is 1. The molecule has 0 saturated carbocycles. The Balaban J connectivity index is 2.91. The monoisotopic (exact) mass is 271 g/mol. The van der Waals surface area contributed by atoms with Crippen LogP contribution in [0.3, 0.4) is 0 Å². The van der Waals surface area contributed by atoms with Crippen molar-refractivity contribution in [3.05, 3.63) is 28.8 Å². The van der Waals surface area contributed by atoms with Crippen molar-refractivity contribution in [2.75, 3.05) is 38.3 Å². The van der Waals surface area contributed by atoms with Gasteiger partial charge in [0.25, 0.3) is 0 Å². The van der Waals surface area contributed by atoms with E-state index in [0.717, 1.165) is 5.69 Å². The van der Waals surface area contributed by atoms with Crippen molar-refractivity contribution in [3.63, 3.8) is 0 Å². The van der Waals surface area contributed by atoms with Crippen molar-refractivity contribution in [3.8, 4) is 0 Å². The molecular weight excluding hydrogens is 254 g/mol. The second-order valence-corrected chi connectivity index (χ2v) is 4.33. The highest BCUT2D eigenvalue weighted by atomic mass is 35.5. The predicted molar refractivity (Wildman–Crippen MR) is 72.6 cm³/mol. The zero-order valence-electron chi connectivity index (χ0n) is 10.6. The topological polar surface area (TPSA) is 49.8 Å². The molecule has 4 nitrogen and oxygen atoms in total. The molecule has 0 bridgehead atoms. The number of methoxy groups -OCH3 is 1. The summed E-state index contributed by atoms with van der Waals surface area (Å²) in [5.74, 6) is -0.0582. The highest BCUT2D eigenvalue weighted by Crippen LogP contribution is 2.24. The zero-order chi connectivity index (χ0) is 13.5. The zero-order valence-corrected chi connectivity index (χ0v) is 11.4. The summed E-state index contributed by atoms with van der Waals surface area (Å²) in [5, 5.41) is 9.47. The Bertz CT molecular complexity index is 409. The van der Waals surface area contributed by atoms with Crippen molar-refractivity contribution in [1.29, 1.82) is 0 Å². The molecule has 0 atom stereocenters. The SMILES string of the molecule is COCCN(CCO)c1ccc(C(C)=O)c(Cl)c1.